The van der Waals surface area contributed by atoms with Gasteiger partial charge in [0.2, 0.25) is 0 Å². The van der Waals surface area contributed by atoms with Crippen LogP contribution in [0.1, 0.15) is 47.2 Å². The van der Waals surface area contributed by atoms with Gasteiger partial charge in [-0.3, -0.25) is 9.44 Å². The number of benzene rings is 2. The third-order valence-corrected chi connectivity index (χ3v) is 7.04. The SMILES string of the molecule is COc1ccc(C(=O)Nc2ccc(C)c(C3CC4CNC(C)CC4[N+](C)([O-])C3=O)c2)cc1. The topological polar surface area (TPSA) is 90.5 Å². The molecule has 0 aromatic heterocycles. The number of nitrogens with one attached hydrogen (secondary N) is 2. The highest BCUT2D eigenvalue weighted by Crippen LogP contribution is 2.42. The number of methoxy groups -OCH3 is 1. The standard InChI is InChI=1S/C25H31N3O4/c1-15-5-8-19(27-24(29)17-6-9-20(32-4)10-7-17)13-21(15)22-12-18-14-26-16(2)11-23(18)28(3,31)25(22)30/h5-10,13,16,18,22-23,26H,11-12,14H2,1-4H3,(H,27,29). The molecular weight excluding hydrogens is 406 g/mol. The number of rotatable bonds is 4. The van der Waals surface area contributed by atoms with Gasteiger partial charge in [-0.15, -0.1) is 0 Å². The van der Waals surface area contributed by atoms with Crippen molar-refractivity contribution < 1.29 is 19.0 Å². The van der Waals surface area contributed by atoms with E-state index in [-0.39, 0.29) is 29.8 Å². The maximum absolute atomic E-state index is 13.4. The van der Waals surface area contributed by atoms with Crippen LogP contribution in [0.25, 0.3) is 0 Å². The Labute approximate surface area is 188 Å². The molecule has 2 saturated heterocycles. The Bertz CT molecular complexity index is 1020. The summed E-state index contributed by atoms with van der Waals surface area (Å²) in [5, 5.41) is 19.8. The van der Waals surface area contributed by atoms with Crippen molar-refractivity contribution in [3.05, 3.63) is 64.4 Å². The number of hydrogen-bond acceptors (Lipinski definition) is 5. The fourth-order valence-electron chi connectivity index (χ4n) is 5.15. The fraction of sp³-hybridized carbons (Fsp3) is 0.440. The van der Waals surface area contributed by atoms with Crippen LogP contribution in [-0.4, -0.2) is 49.2 Å². The average molecular weight is 438 g/mol. The number of likely N-dealkylation sites (tertiary alicyclic amines) is 1. The first-order valence-corrected chi connectivity index (χ1v) is 11.1. The predicted octanol–water partition coefficient (Wildman–Crippen LogP) is 3.58. The van der Waals surface area contributed by atoms with Crippen molar-refractivity contribution in [1.82, 2.24) is 5.32 Å². The van der Waals surface area contributed by atoms with Crippen molar-refractivity contribution in [2.45, 2.75) is 44.7 Å². The second-order valence-electron chi connectivity index (χ2n) is 9.24. The average Bonchev–Trinajstić information content (AvgIpc) is 2.78. The van der Waals surface area contributed by atoms with Gasteiger partial charge in [0.15, 0.2) is 0 Å². The lowest BCUT2D eigenvalue weighted by Crippen LogP contribution is -2.65. The van der Waals surface area contributed by atoms with Crippen molar-refractivity contribution in [2.24, 2.45) is 5.92 Å². The lowest BCUT2D eigenvalue weighted by atomic mass is 9.74. The highest BCUT2D eigenvalue weighted by atomic mass is 16.6. The van der Waals surface area contributed by atoms with E-state index in [1.807, 2.05) is 25.1 Å². The van der Waals surface area contributed by atoms with E-state index in [1.54, 1.807) is 31.4 Å². The molecule has 0 radical (unpaired) electrons. The van der Waals surface area contributed by atoms with Gasteiger partial charge in [0, 0.05) is 36.2 Å². The zero-order valence-electron chi connectivity index (χ0n) is 19.1. The summed E-state index contributed by atoms with van der Waals surface area (Å²) in [5.74, 6) is -0.187. The molecule has 2 aliphatic rings. The summed E-state index contributed by atoms with van der Waals surface area (Å²) in [6, 6.07) is 12.5. The summed E-state index contributed by atoms with van der Waals surface area (Å²) in [6.45, 7) is 4.75. The van der Waals surface area contributed by atoms with Gasteiger partial charge < -0.3 is 20.6 Å². The zero-order valence-corrected chi connectivity index (χ0v) is 19.1. The minimum Gasteiger partial charge on any atom is -0.625 e. The number of carbonyl (C=O) groups excluding carboxylic acids is 2. The largest absolute Gasteiger partial charge is 0.625 e. The molecule has 170 valence electrons. The maximum Gasteiger partial charge on any atom is 0.321 e. The van der Waals surface area contributed by atoms with E-state index >= 15 is 0 Å². The smallest absolute Gasteiger partial charge is 0.321 e. The minimum atomic E-state index is -0.830. The van der Waals surface area contributed by atoms with E-state index in [1.165, 1.54) is 7.05 Å². The fourth-order valence-corrected chi connectivity index (χ4v) is 5.15. The minimum absolute atomic E-state index is 0.147. The van der Waals surface area contributed by atoms with Gasteiger partial charge in [0.05, 0.1) is 14.2 Å². The summed E-state index contributed by atoms with van der Waals surface area (Å²) in [7, 11) is 3.09. The van der Waals surface area contributed by atoms with Gasteiger partial charge in [0.1, 0.15) is 17.7 Å². The molecule has 0 bridgehead atoms. The van der Waals surface area contributed by atoms with E-state index < -0.39 is 10.6 Å². The highest BCUT2D eigenvalue weighted by Gasteiger charge is 2.50. The third kappa shape index (κ3) is 4.16. The van der Waals surface area contributed by atoms with Gasteiger partial charge in [-0.05, 0) is 67.8 Å². The van der Waals surface area contributed by atoms with Crippen LogP contribution in [0, 0.1) is 18.0 Å². The summed E-state index contributed by atoms with van der Waals surface area (Å²) >= 11 is 0. The highest BCUT2D eigenvalue weighted by molar-refractivity contribution is 6.04. The van der Waals surface area contributed by atoms with Gasteiger partial charge in [-0.2, -0.15) is 0 Å². The number of hydroxylamine groups is 3. The number of quaternary nitrogens is 1. The molecular formula is C25H31N3O4. The Morgan fingerprint density at radius 1 is 1.19 bits per heavy atom. The van der Waals surface area contributed by atoms with E-state index in [0.29, 0.717) is 29.8 Å². The normalized spacial score (nSPS) is 29.8. The molecule has 2 aromatic rings. The van der Waals surface area contributed by atoms with Gasteiger partial charge >= 0.3 is 5.91 Å². The van der Waals surface area contributed by atoms with Crippen LogP contribution < -0.4 is 15.4 Å². The van der Waals surface area contributed by atoms with Crippen LogP contribution in [0.4, 0.5) is 5.69 Å². The lowest BCUT2D eigenvalue weighted by Gasteiger charge is -2.54. The van der Waals surface area contributed by atoms with Crippen molar-refractivity contribution in [2.75, 3.05) is 26.0 Å². The molecule has 0 saturated carbocycles. The molecule has 2 fully saturated rings. The summed E-state index contributed by atoms with van der Waals surface area (Å²) < 4.78 is 4.31. The van der Waals surface area contributed by atoms with Crippen LogP contribution in [0.5, 0.6) is 5.75 Å². The van der Waals surface area contributed by atoms with Crippen LogP contribution in [0.2, 0.25) is 0 Å². The molecule has 0 spiro atoms. The summed E-state index contributed by atoms with van der Waals surface area (Å²) in [6.07, 6.45) is 1.36. The first kappa shape index (κ1) is 22.5. The van der Waals surface area contributed by atoms with E-state index in [0.717, 1.165) is 17.7 Å². The van der Waals surface area contributed by atoms with Crippen LogP contribution in [-0.2, 0) is 4.79 Å². The molecule has 4 rings (SSSR count). The first-order chi connectivity index (χ1) is 15.2. The molecule has 2 aliphatic heterocycles. The van der Waals surface area contributed by atoms with Crippen molar-refractivity contribution in [3.8, 4) is 5.75 Å². The van der Waals surface area contributed by atoms with Crippen molar-refractivity contribution >= 4 is 17.5 Å². The zero-order chi connectivity index (χ0) is 23.0. The number of nitrogens with zero attached hydrogens (tertiary/aromatic N) is 1. The third-order valence-electron chi connectivity index (χ3n) is 7.04. The first-order valence-electron chi connectivity index (χ1n) is 11.1. The van der Waals surface area contributed by atoms with Gasteiger partial charge in [-0.1, -0.05) is 6.07 Å². The number of carbonyl (C=O) groups is 2. The van der Waals surface area contributed by atoms with E-state index in [4.69, 9.17) is 4.74 Å². The maximum atomic E-state index is 13.4. The number of piperidine rings is 2. The van der Waals surface area contributed by atoms with Crippen LogP contribution >= 0.6 is 0 Å². The number of ether oxygens (including phenoxy) is 1. The van der Waals surface area contributed by atoms with Gasteiger partial charge in [-0.25, -0.2) is 4.79 Å². The molecule has 7 nitrogen and oxygen atoms in total. The number of aryl methyl sites for hydroxylation is 1. The number of amides is 2. The number of anilines is 1. The molecule has 32 heavy (non-hydrogen) atoms. The van der Waals surface area contributed by atoms with Gasteiger partial charge in [0.25, 0.3) is 5.91 Å². The molecule has 5 atom stereocenters. The summed E-state index contributed by atoms with van der Waals surface area (Å²) in [5.41, 5.74) is 2.88. The second kappa shape index (κ2) is 8.65. The van der Waals surface area contributed by atoms with E-state index in [9.17, 15) is 14.8 Å². The monoisotopic (exact) mass is 437 g/mol. The Hall–Kier alpha value is -2.74. The summed E-state index contributed by atoms with van der Waals surface area (Å²) in [4.78, 5) is 26.0. The van der Waals surface area contributed by atoms with Crippen molar-refractivity contribution in [1.29, 1.82) is 0 Å². The van der Waals surface area contributed by atoms with Crippen LogP contribution in [0.3, 0.4) is 0 Å². The predicted molar refractivity (Wildman–Crippen MR) is 123 cm³/mol. The molecule has 0 aliphatic carbocycles. The Balaban J connectivity index is 1.58. The second-order valence-corrected chi connectivity index (χ2v) is 9.24. The molecule has 2 amide bonds. The lowest BCUT2D eigenvalue weighted by molar-refractivity contribution is -0.822. The van der Waals surface area contributed by atoms with Crippen LogP contribution in [0.15, 0.2) is 42.5 Å². The number of fused-ring (bicyclic) bond motifs is 1. The molecule has 7 heteroatoms. The van der Waals surface area contributed by atoms with Crippen molar-refractivity contribution in [3.63, 3.8) is 0 Å². The van der Waals surface area contributed by atoms with E-state index in [2.05, 4.69) is 17.6 Å². The molecule has 2 aromatic carbocycles. The Morgan fingerprint density at radius 2 is 1.91 bits per heavy atom. The quantitative estimate of drug-likeness (QED) is 0.564. The molecule has 2 N–H and O–H groups in total. The molecule has 5 unspecified atom stereocenters. The number of likely N-dealkylation sites (N-methyl/N-ethyl adjacent to an activating group) is 1. The molecule has 2 heterocycles. The Kier molecular flexibility index (Phi) is 6.07. The Morgan fingerprint density at radius 3 is 2.59 bits per heavy atom. The number of hydrogen-bond donors (Lipinski definition) is 2.